The maximum absolute atomic E-state index is 12.4. The fourth-order valence-corrected chi connectivity index (χ4v) is 4.32. The van der Waals surface area contributed by atoms with E-state index < -0.39 is 11.5 Å². The molecule has 2 aromatic heterocycles. The quantitative estimate of drug-likeness (QED) is 0.873. The van der Waals surface area contributed by atoms with Crippen LogP contribution in [0.5, 0.6) is 0 Å². The predicted molar refractivity (Wildman–Crippen MR) is 93.7 cm³/mol. The minimum absolute atomic E-state index is 0.0167. The molecule has 1 amide bonds. The number of nitrogens with one attached hydrogen (secondary N) is 2. The fourth-order valence-electron chi connectivity index (χ4n) is 3.73. The summed E-state index contributed by atoms with van der Waals surface area (Å²) in [5.41, 5.74) is 0.110. The van der Waals surface area contributed by atoms with Crippen molar-refractivity contribution in [3.8, 4) is 11.5 Å². The first-order valence-corrected chi connectivity index (χ1v) is 9.39. The summed E-state index contributed by atoms with van der Waals surface area (Å²) in [5, 5.41) is 5.63. The number of aromatic nitrogens is 3. The van der Waals surface area contributed by atoms with Gasteiger partial charge in [-0.25, -0.2) is 9.97 Å². The third-order valence-electron chi connectivity index (χ3n) is 4.96. The number of H-pyrrole nitrogens is 1. The van der Waals surface area contributed by atoms with E-state index in [1.807, 2.05) is 12.3 Å². The molecule has 0 bridgehead atoms. The lowest BCUT2D eigenvalue weighted by atomic mass is 9.96. The van der Waals surface area contributed by atoms with E-state index in [1.165, 1.54) is 30.4 Å². The molecule has 1 spiro atoms. The van der Waals surface area contributed by atoms with Crippen LogP contribution in [-0.2, 0) is 4.74 Å². The Kier molecular flexibility index (Phi) is 4.16. The summed E-state index contributed by atoms with van der Waals surface area (Å²) in [4.78, 5) is 35.8. The van der Waals surface area contributed by atoms with Gasteiger partial charge in [0, 0.05) is 11.6 Å². The van der Waals surface area contributed by atoms with Crippen molar-refractivity contribution in [2.75, 3.05) is 6.61 Å². The zero-order chi connectivity index (χ0) is 17.4. The highest BCUT2D eigenvalue weighted by Gasteiger charge is 2.42. The van der Waals surface area contributed by atoms with Gasteiger partial charge in [-0.05, 0) is 26.2 Å². The lowest BCUT2D eigenvalue weighted by Gasteiger charge is -2.21. The lowest BCUT2D eigenvalue weighted by Crippen LogP contribution is -2.39. The van der Waals surface area contributed by atoms with E-state index in [4.69, 9.17) is 4.74 Å². The summed E-state index contributed by atoms with van der Waals surface area (Å²) in [6, 6.07) is -0.0501. The Morgan fingerprint density at radius 2 is 2.24 bits per heavy atom. The van der Waals surface area contributed by atoms with E-state index in [1.54, 1.807) is 0 Å². The van der Waals surface area contributed by atoms with Crippen molar-refractivity contribution in [1.82, 2.24) is 20.3 Å². The summed E-state index contributed by atoms with van der Waals surface area (Å²) in [7, 11) is 0. The van der Waals surface area contributed by atoms with Gasteiger partial charge < -0.3 is 15.0 Å². The Hall–Kier alpha value is -2.06. The van der Waals surface area contributed by atoms with Crippen molar-refractivity contribution in [3.63, 3.8) is 0 Å². The van der Waals surface area contributed by atoms with Gasteiger partial charge >= 0.3 is 0 Å². The maximum Gasteiger partial charge on any atom is 0.264 e. The van der Waals surface area contributed by atoms with Crippen LogP contribution < -0.4 is 10.9 Å². The molecule has 0 aromatic carbocycles. The normalized spacial score (nSPS) is 21.7. The van der Waals surface area contributed by atoms with Gasteiger partial charge in [0.25, 0.3) is 11.5 Å². The van der Waals surface area contributed by atoms with Gasteiger partial charge in [0.05, 0.1) is 23.3 Å². The van der Waals surface area contributed by atoms with Crippen LogP contribution in [0.4, 0.5) is 0 Å². The number of ether oxygens (including phenoxy) is 1. The molecular weight excluding hydrogens is 340 g/mol. The van der Waals surface area contributed by atoms with Gasteiger partial charge in [0.1, 0.15) is 11.3 Å². The largest absolute Gasteiger partial charge is 0.373 e. The lowest BCUT2D eigenvalue weighted by molar-refractivity contribution is 0.00987. The molecule has 4 rings (SSSR count). The van der Waals surface area contributed by atoms with E-state index in [-0.39, 0.29) is 17.2 Å². The molecule has 2 N–H and O–H groups in total. The number of aromatic amines is 1. The molecule has 1 aliphatic carbocycles. The molecule has 2 aromatic rings. The molecule has 0 radical (unpaired) electrons. The van der Waals surface area contributed by atoms with Gasteiger partial charge in [-0.15, -0.1) is 11.3 Å². The van der Waals surface area contributed by atoms with Gasteiger partial charge in [0.15, 0.2) is 5.82 Å². The van der Waals surface area contributed by atoms with Crippen LogP contribution >= 0.6 is 11.3 Å². The second kappa shape index (κ2) is 6.34. The number of amides is 1. The summed E-state index contributed by atoms with van der Waals surface area (Å²) < 4.78 is 5.94. The first-order valence-electron chi connectivity index (χ1n) is 8.51. The molecule has 1 aliphatic heterocycles. The van der Waals surface area contributed by atoms with Crippen molar-refractivity contribution in [1.29, 1.82) is 0 Å². The van der Waals surface area contributed by atoms with Gasteiger partial charge in [-0.3, -0.25) is 9.59 Å². The molecule has 132 valence electrons. The molecule has 1 saturated carbocycles. The van der Waals surface area contributed by atoms with Crippen LogP contribution in [0.25, 0.3) is 11.5 Å². The van der Waals surface area contributed by atoms with Gasteiger partial charge in [-0.1, -0.05) is 12.8 Å². The standard InChI is InChI=1S/C17H20N4O3S/c1-10-19-13(9-25-10)14-18-7-12(16(23)21-14)15(22)20-11-6-17(24-8-11)4-2-3-5-17/h7,9,11H,2-6,8H2,1H3,(H,20,22)(H,18,21,23)/t11-/m1/s1. The maximum atomic E-state index is 12.4. The predicted octanol–water partition coefficient (Wildman–Crippen LogP) is 2.03. The molecule has 25 heavy (non-hydrogen) atoms. The van der Waals surface area contributed by atoms with Crippen LogP contribution in [0.3, 0.4) is 0 Å². The molecule has 7 nitrogen and oxygen atoms in total. The van der Waals surface area contributed by atoms with Crippen LogP contribution in [0, 0.1) is 6.92 Å². The number of rotatable bonds is 3. The highest BCUT2D eigenvalue weighted by atomic mass is 32.1. The molecule has 1 saturated heterocycles. The minimum atomic E-state index is -0.456. The first-order chi connectivity index (χ1) is 12.0. The molecule has 3 heterocycles. The number of thiazole rings is 1. The molecule has 2 aliphatic rings. The number of hydrogen-bond donors (Lipinski definition) is 2. The number of hydrogen-bond acceptors (Lipinski definition) is 6. The van der Waals surface area contributed by atoms with E-state index >= 15 is 0 Å². The summed E-state index contributed by atoms with van der Waals surface area (Å²) in [5.74, 6) is -0.0292. The highest BCUT2D eigenvalue weighted by molar-refractivity contribution is 7.09. The Labute approximate surface area is 148 Å². The Morgan fingerprint density at radius 1 is 1.44 bits per heavy atom. The summed E-state index contributed by atoms with van der Waals surface area (Å²) in [6.45, 7) is 2.39. The van der Waals surface area contributed by atoms with Crippen molar-refractivity contribution >= 4 is 17.2 Å². The number of carbonyl (C=O) groups excluding carboxylic acids is 1. The molecule has 1 atom stereocenters. The first kappa shape index (κ1) is 16.4. The second-order valence-corrected chi connectivity index (χ2v) is 7.86. The van der Waals surface area contributed by atoms with Crippen LogP contribution in [0.2, 0.25) is 0 Å². The smallest absolute Gasteiger partial charge is 0.264 e. The fraction of sp³-hybridized carbons (Fsp3) is 0.529. The van der Waals surface area contributed by atoms with E-state index in [9.17, 15) is 9.59 Å². The molecule has 0 unspecified atom stereocenters. The van der Waals surface area contributed by atoms with E-state index in [0.717, 1.165) is 24.3 Å². The zero-order valence-corrected chi connectivity index (χ0v) is 14.8. The molecule has 2 fully saturated rings. The Balaban J connectivity index is 1.46. The monoisotopic (exact) mass is 360 g/mol. The number of aryl methyl sites for hydroxylation is 1. The van der Waals surface area contributed by atoms with E-state index in [0.29, 0.717) is 18.1 Å². The SMILES string of the molecule is Cc1nc(-c2ncc(C(=O)N[C@H]3COC4(CCCC4)C3)c(=O)[nH]2)cs1. The number of carbonyl (C=O) groups is 1. The Bertz CT molecular complexity index is 854. The molecule has 8 heteroatoms. The van der Waals surface area contributed by atoms with Crippen LogP contribution in [0.1, 0.15) is 47.5 Å². The second-order valence-electron chi connectivity index (χ2n) is 6.80. The minimum Gasteiger partial charge on any atom is -0.373 e. The average molecular weight is 360 g/mol. The third kappa shape index (κ3) is 3.23. The average Bonchev–Trinajstić information content (AvgIpc) is 3.31. The topological polar surface area (TPSA) is 97.0 Å². The van der Waals surface area contributed by atoms with Crippen molar-refractivity contribution in [2.24, 2.45) is 0 Å². The molecular formula is C17H20N4O3S. The number of nitrogens with zero attached hydrogens (tertiary/aromatic N) is 2. The van der Waals surface area contributed by atoms with Gasteiger partial charge in [0.2, 0.25) is 0 Å². The summed E-state index contributed by atoms with van der Waals surface area (Å²) in [6.07, 6.45) is 6.62. The third-order valence-corrected chi connectivity index (χ3v) is 5.74. The van der Waals surface area contributed by atoms with Gasteiger partial charge in [-0.2, -0.15) is 0 Å². The van der Waals surface area contributed by atoms with Crippen molar-refractivity contribution in [3.05, 3.63) is 32.5 Å². The van der Waals surface area contributed by atoms with Crippen molar-refractivity contribution in [2.45, 2.75) is 50.7 Å². The van der Waals surface area contributed by atoms with Crippen LogP contribution in [0.15, 0.2) is 16.4 Å². The Morgan fingerprint density at radius 3 is 2.92 bits per heavy atom. The van der Waals surface area contributed by atoms with Crippen LogP contribution in [-0.4, -0.2) is 39.1 Å². The van der Waals surface area contributed by atoms with E-state index in [2.05, 4.69) is 20.3 Å². The summed E-state index contributed by atoms with van der Waals surface area (Å²) >= 11 is 1.48. The van der Waals surface area contributed by atoms with Crippen molar-refractivity contribution < 1.29 is 9.53 Å². The highest BCUT2D eigenvalue weighted by Crippen LogP contribution is 2.40. The zero-order valence-electron chi connectivity index (χ0n) is 14.0.